The highest BCUT2D eigenvalue weighted by molar-refractivity contribution is 7.20. The maximum Gasteiger partial charge on any atom is 0.413 e. The number of aromatic nitrogens is 2. The van der Waals surface area contributed by atoms with Crippen molar-refractivity contribution in [3.05, 3.63) is 26.6 Å². The molecule has 0 bridgehead atoms. The topological polar surface area (TPSA) is 117 Å². The number of esters is 1. The lowest BCUT2D eigenvalue weighted by atomic mass is 10.2. The molecule has 2 aromatic rings. The molecule has 3 heterocycles. The van der Waals surface area contributed by atoms with Crippen LogP contribution in [0, 0.1) is 6.92 Å². The molecule has 0 radical (unpaired) electrons. The predicted molar refractivity (Wildman–Crippen MR) is 92.4 cm³/mol. The maximum atomic E-state index is 12.6. The number of fused-ring (bicyclic) bond motifs is 2. The van der Waals surface area contributed by atoms with Crippen LogP contribution in [0.15, 0.2) is 4.79 Å². The molecule has 0 spiro atoms. The third kappa shape index (κ3) is 3.07. The number of amides is 2. The first-order chi connectivity index (χ1) is 12.3. The number of carbonyl (C=O) groups excluding carboxylic acids is 3. The van der Waals surface area contributed by atoms with Gasteiger partial charge in [0.15, 0.2) is 6.10 Å². The summed E-state index contributed by atoms with van der Waals surface area (Å²) in [5.41, 5.74) is 0.321. The number of thiophene rings is 1. The van der Waals surface area contributed by atoms with Gasteiger partial charge in [-0.2, -0.15) is 0 Å². The van der Waals surface area contributed by atoms with Gasteiger partial charge in [-0.1, -0.05) is 0 Å². The number of ether oxygens (including phenoxy) is 2. The largest absolute Gasteiger partial charge is 0.453 e. The van der Waals surface area contributed by atoms with Gasteiger partial charge in [0.05, 0.1) is 12.5 Å². The normalized spacial score (nSPS) is 14.0. The number of nitrogens with zero attached hydrogens (tertiary/aromatic N) is 2. The molecule has 3 rings (SSSR count). The molecule has 0 aromatic carbocycles. The van der Waals surface area contributed by atoms with Crippen molar-refractivity contribution in [2.45, 2.75) is 39.3 Å². The molecule has 0 fully saturated rings. The monoisotopic (exact) mass is 379 g/mol. The SMILES string of the molecule is COC(=O)NC(=O)[C@H](C)OC(=O)c1sc2nc3n(c(=O)c2c1C)CCC3. The van der Waals surface area contributed by atoms with Crippen LogP contribution in [0.4, 0.5) is 4.79 Å². The molecule has 1 aliphatic rings. The van der Waals surface area contributed by atoms with Gasteiger partial charge < -0.3 is 9.47 Å². The quantitative estimate of drug-likeness (QED) is 0.795. The molecule has 0 saturated carbocycles. The molecule has 2 aromatic heterocycles. The van der Waals surface area contributed by atoms with Gasteiger partial charge in [0.2, 0.25) is 0 Å². The Morgan fingerprint density at radius 2 is 2.08 bits per heavy atom. The Bertz CT molecular complexity index is 977. The average molecular weight is 379 g/mol. The van der Waals surface area contributed by atoms with Gasteiger partial charge in [0.1, 0.15) is 15.5 Å². The van der Waals surface area contributed by atoms with Crippen molar-refractivity contribution in [3.63, 3.8) is 0 Å². The van der Waals surface area contributed by atoms with E-state index < -0.39 is 24.1 Å². The van der Waals surface area contributed by atoms with Crippen molar-refractivity contribution >= 4 is 39.5 Å². The van der Waals surface area contributed by atoms with Crippen LogP contribution < -0.4 is 10.9 Å². The van der Waals surface area contributed by atoms with Crippen molar-refractivity contribution in [1.29, 1.82) is 0 Å². The highest BCUT2D eigenvalue weighted by Crippen LogP contribution is 2.29. The highest BCUT2D eigenvalue weighted by atomic mass is 32.1. The lowest BCUT2D eigenvalue weighted by Crippen LogP contribution is -2.39. The van der Waals surface area contributed by atoms with E-state index in [2.05, 4.69) is 9.72 Å². The van der Waals surface area contributed by atoms with E-state index >= 15 is 0 Å². The molecule has 2 amide bonds. The number of alkyl carbamates (subject to hydrolysis) is 1. The minimum atomic E-state index is -1.20. The smallest absolute Gasteiger partial charge is 0.413 e. The van der Waals surface area contributed by atoms with Crippen LogP contribution in [-0.4, -0.2) is 40.7 Å². The Labute approximate surface area is 151 Å². The summed E-state index contributed by atoms with van der Waals surface area (Å²) in [4.78, 5) is 53.1. The molecule has 1 atom stereocenters. The van der Waals surface area contributed by atoms with E-state index in [1.807, 2.05) is 5.32 Å². The van der Waals surface area contributed by atoms with Crippen molar-refractivity contribution in [1.82, 2.24) is 14.9 Å². The molecular formula is C16H17N3O6S. The highest BCUT2D eigenvalue weighted by Gasteiger charge is 2.27. The standard InChI is InChI=1S/C16H17N3O6S/c1-7-10-13(17-9-5-4-6-19(9)14(10)21)26-11(7)15(22)25-8(2)12(20)18-16(23)24-3/h8H,4-6H2,1-3H3,(H,18,20,23)/t8-/m0/s1. The average Bonchev–Trinajstić information content (AvgIpc) is 3.19. The first kappa shape index (κ1) is 18.1. The van der Waals surface area contributed by atoms with Crippen LogP contribution in [0.3, 0.4) is 0 Å². The number of imide groups is 1. The van der Waals surface area contributed by atoms with Crippen molar-refractivity contribution in [2.75, 3.05) is 7.11 Å². The van der Waals surface area contributed by atoms with Crippen LogP contribution in [0.25, 0.3) is 10.2 Å². The number of hydrogen-bond donors (Lipinski definition) is 1. The first-order valence-electron chi connectivity index (χ1n) is 7.96. The van der Waals surface area contributed by atoms with Gasteiger partial charge in [-0.15, -0.1) is 11.3 Å². The van der Waals surface area contributed by atoms with Crippen molar-refractivity contribution in [2.24, 2.45) is 0 Å². The van der Waals surface area contributed by atoms with Crippen molar-refractivity contribution < 1.29 is 23.9 Å². The molecule has 1 aliphatic heterocycles. The van der Waals surface area contributed by atoms with E-state index in [9.17, 15) is 19.2 Å². The number of carbonyl (C=O) groups is 3. The van der Waals surface area contributed by atoms with Gasteiger partial charge in [0.25, 0.3) is 11.5 Å². The Morgan fingerprint density at radius 3 is 2.77 bits per heavy atom. The Hall–Kier alpha value is -2.75. The fraction of sp³-hybridized carbons (Fsp3) is 0.438. The zero-order valence-corrected chi connectivity index (χ0v) is 15.3. The van der Waals surface area contributed by atoms with Crippen LogP contribution in [-0.2, 0) is 27.2 Å². The lowest BCUT2D eigenvalue weighted by Gasteiger charge is -2.11. The lowest BCUT2D eigenvalue weighted by molar-refractivity contribution is -0.128. The summed E-state index contributed by atoms with van der Waals surface area (Å²) in [6, 6.07) is 0. The minimum Gasteiger partial charge on any atom is -0.453 e. The molecule has 138 valence electrons. The minimum absolute atomic E-state index is 0.160. The first-order valence-corrected chi connectivity index (χ1v) is 8.77. The van der Waals surface area contributed by atoms with E-state index in [-0.39, 0.29) is 10.4 Å². The number of methoxy groups -OCH3 is 1. The zero-order valence-electron chi connectivity index (χ0n) is 14.5. The molecule has 26 heavy (non-hydrogen) atoms. The Morgan fingerprint density at radius 1 is 1.35 bits per heavy atom. The predicted octanol–water partition coefficient (Wildman–Crippen LogP) is 1.14. The van der Waals surface area contributed by atoms with Gasteiger partial charge in [-0.25, -0.2) is 14.6 Å². The molecule has 9 nitrogen and oxygen atoms in total. The molecule has 0 unspecified atom stereocenters. The summed E-state index contributed by atoms with van der Waals surface area (Å²) >= 11 is 1.06. The van der Waals surface area contributed by atoms with Gasteiger partial charge >= 0.3 is 12.1 Å². The number of nitrogens with one attached hydrogen (secondary N) is 1. The summed E-state index contributed by atoms with van der Waals surface area (Å²) < 4.78 is 11.1. The van der Waals surface area contributed by atoms with Crippen molar-refractivity contribution in [3.8, 4) is 0 Å². The Kier molecular flexibility index (Phi) is 4.77. The Balaban J connectivity index is 1.86. The fourth-order valence-corrected chi connectivity index (χ4v) is 3.86. The molecular weight excluding hydrogens is 362 g/mol. The molecule has 0 saturated heterocycles. The second-order valence-corrected chi connectivity index (χ2v) is 6.85. The van der Waals surface area contributed by atoms with Crippen LogP contribution in [0.5, 0.6) is 0 Å². The van der Waals surface area contributed by atoms with Gasteiger partial charge in [0, 0.05) is 13.0 Å². The van der Waals surface area contributed by atoms with E-state index in [0.717, 1.165) is 37.1 Å². The van der Waals surface area contributed by atoms with E-state index in [4.69, 9.17) is 4.74 Å². The third-order valence-corrected chi connectivity index (χ3v) is 5.33. The number of aryl methyl sites for hydroxylation is 2. The fourth-order valence-electron chi connectivity index (χ4n) is 2.79. The van der Waals surface area contributed by atoms with E-state index in [0.29, 0.717) is 22.3 Å². The van der Waals surface area contributed by atoms with Gasteiger partial charge in [-0.05, 0) is 25.8 Å². The van der Waals surface area contributed by atoms with Crippen LogP contribution >= 0.6 is 11.3 Å². The van der Waals surface area contributed by atoms with Gasteiger partial charge in [-0.3, -0.25) is 19.5 Å². The number of rotatable bonds is 3. The number of hydrogen-bond acceptors (Lipinski definition) is 8. The van der Waals surface area contributed by atoms with Crippen LogP contribution in [0.2, 0.25) is 0 Å². The second kappa shape index (κ2) is 6.87. The zero-order chi connectivity index (χ0) is 19.0. The summed E-state index contributed by atoms with van der Waals surface area (Å²) in [6.45, 7) is 3.61. The molecule has 0 aliphatic carbocycles. The maximum absolute atomic E-state index is 12.6. The van der Waals surface area contributed by atoms with E-state index in [1.165, 1.54) is 6.92 Å². The summed E-state index contributed by atoms with van der Waals surface area (Å²) in [5, 5.41) is 2.33. The summed E-state index contributed by atoms with van der Waals surface area (Å²) in [5.74, 6) is -0.835. The summed E-state index contributed by atoms with van der Waals surface area (Å²) in [6.07, 6.45) is -0.541. The van der Waals surface area contributed by atoms with Crippen LogP contribution in [0.1, 0.15) is 34.4 Å². The molecule has 1 N–H and O–H groups in total. The van der Waals surface area contributed by atoms with E-state index in [1.54, 1.807) is 11.5 Å². The third-order valence-electron chi connectivity index (χ3n) is 4.16. The molecule has 10 heteroatoms. The second-order valence-electron chi connectivity index (χ2n) is 5.85. The summed E-state index contributed by atoms with van der Waals surface area (Å²) in [7, 11) is 1.11.